The van der Waals surface area contributed by atoms with Gasteiger partial charge in [0.05, 0.1) is 6.20 Å². The maximum atomic E-state index is 3.97. The zero-order chi connectivity index (χ0) is 11.5. The first-order chi connectivity index (χ1) is 8.43. The minimum Gasteiger partial charge on any atom is -0.306 e. The van der Waals surface area contributed by atoms with E-state index >= 15 is 0 Å². The third-order valence-electron chi connectivity index (χ3n) is 3.48. The highest BCUT2D eigenvalue weighted by Crippen LogP contribution is 2.29. The lowest BCUT2D eigenvalue weighted by Gasteiger charge is -2.26. The van der Waals surface area contributed by atoms with Gasteiger partial charge in [-0.25, -0.2) is 0 Å². The molecule has 1 heterocycles. The molecule has 1 aromatic heterocycles. The Hall–Kier alpha value is -1.61. The summed E-state index contributed by atoms with van der Waals surface area (Å²) in [6.07, 6.45) is 7.55. The van der Waals surface area contributed by atoms with Gasteiger partial charge in [-0.1, -0.05) is 24.3 Å². The number of hydrogen-bond acceptors (Lipinski definition) is 2. The third-order valence-corrected chi connectivity index (χ3v) is 3.48. The molecule has 1 aliphatic rings. The van der Waals surface area contributed by atoms with E-state index in [4.69, 9.17) is 0 Å². The van der Waals surface area contributed by atoms with Crippen molar-refractivity contribution >= 4 is 0 Å². The lowest BCUT2D eigenvalue weighted by Crippen LogP contribution is -2.24. The normalized spacial score (nSPS) is 18.9. The van der Waals surface area contributed by atoms with Crippen LogP contribution in [0.25, 0.3) is 0 Å². The highest BCUT2D eigenvalue weighted by Gasteiger charge is 2.18. The summed E-state index contributed by atoms with van der Waals surface area (Å²) in [5, 5.41) is 10.4. The molecule has 1 aromatic carbocycles. The number of fused-ring (bicyclic) bond motifs is 1. The summed E-state index contributed by atoms with van der Waals surface area (Å²) in [7, 11) is 0. The van der Waals surface area contributed by atoms with E-state index in [1.54, 1.807) is 0 Å². The van der Waals surface area contributed by atoms with Crippen molar-refractivity contribution in [1.29, 1.82) is 0 Å². The summed E-state index contributed by atoms with van der Waals surface area (Å²) < 4.78 is 0. The van der Waals surface area contributed by atoms with Crippen LogP contribution in [0.2, 0.25) is 0 Å². The van der Waals surface area contributed by atoms with E-state index in [1.165, 1.54) is 36.0 Å². The summed E-state index contributed by atoms with van der Waals surface area (Å²) in [6.45, 7) is 0.884. The average Bonchev–Trinajstić information content (AvgIpc) is 2.89. The van der Waals surface area contributed by atoms with E-state index in [1.807, 2.05) is 12.4 Å². The molecule has 0 saturated heterocycles. The van der Waals surface area contributed by atoms with E-state index in [9.17, 15) is 0 Å². The Labute approximate surface area is 101 Å². The van der Waals surface area contributed by atoms with E-state index in [0.29, 0.717) is 6.04 Å². The number of nitrogens with one attached hydrogen (secondary N) is 2. The van der Waals surface area contributed by atoms with Crippen LogP contribution in [-0.4, -0.2) is 10.2 Å². The topological polar surface area (TPSA) is 40.7 Å². The first-order valence-corrected chi connectivity index (χ1v) is 6.22. The van der Waals surface area contributed by atoms with Gasteiger partial charge in [-0.2, -0.15) is 5.10 Å². The molecule has 3 rings (SSSR count). The Kier molecular flexibility index (Phi) is 2.92. The quantitative estimate of drug-likeness (QED) is 0.846. The molecule has 0 fully saturated rings. The van der Waals surface area contributed by atoms with E-state index in [0.717, 1.165) is 6.54 Å². The number of nitrogens with zero attached hydrogens (tertiary/aromatic N) is 1. The molecule has 88 valence electrons. The number of benzene rings is 1. The summed E-state index contributed by atoms with van der Waals surface area (Å²) in [5.74, 6) is 0. The largest absolute Gasteiger partial charge is 0.306 e. The molecule has 0 radical (unpaired) electrons. The van der Waals surface area contributed by atoms with Crippen molar-refractivity contribution < 1.29 is 0 Å². The SMILES string of the molecule is c1ccc2c(c1)CCCC2NCc1cn[nH]c1. The van der Waals surface area contributed by atoms with Gasteiger partial charge in [-0.3, -0.25) is 5.10 Å². The highest BCUT2D eigenvalue weighted by molar-refractivity contribution is 5.32. The van der Waals surface area contributed by atoms with Crippen molar-refractivity contribution in [2.24, 2.45) is 0 Å². The second-order valence-electron chi connectivity index (χ2n) is 4.63. The van der Waals surface area contributed by atoms with E-state index < -0.39 is 0 Å². The van der Waals surface area contributed by atoms with Gasteiger partial charge in [0, 0.05) is 24.3 Å². The van der Waals surface area contributed by atoms with Crippen molar-refractivity contribution in [3.05, 3.63) is 53.3 Å². The van der Waals surface area contributed by atoms with Crippen LogP contribution in [0, 0.1) is 0 Å². The van der Waals surface area contributed by atoms with Crippen molar-refractivity contribution in [3.8, 4) is 0 Å². The summed E-state index contributed by atoms with van der Waals surface area (Å²) >= 11 is 0. The lowest BCUT2D eigenvalue weighted by molar-refractivity contribution is 0.459. The van der Waals surface area contributed by atoms with Gasteiger partial charge in [0.1, 0.15) is 0 Å². The Morgan fingerprint density at radius 3 is 3.18 bits per heavy atom. The molecule has 0 bridgehead atoms. The summed E-state index contributed by atoms with van der Waals surface area (Å²) in [6, 6.07) is 9.27. The molecular weight excluding hydrogens is 210 g/mol. The monoisotopic (exact) mass is 227 g/mol. The van der Waals surface area contributed by atoms with Crippen molar-refractivity contribution in [1.82, 2.24) is 15.5 Å². The zero-order valence-electron chi connectivity index (χ0n) is 9.82. The van der Waals surface area contributed by atoms with Crippen LogP contribution in [0.3, 0.4) is 0 Å². The van der Waals surface area contributed by atoms with Crippen molar-refractivity contribution in [2.75, 3.05) is 0 Å². The smallest absolute Gasteiger partial charge is 0.0532 e. The molecule has 0 aliphatic heterocycles. The molecule has 1 aliphatic carbocycles. The number of aryl methyl sites for hydroxylation is 1. The van der Waals surface area contributed by atoms with Gasteiger partial charge in [0.2, 0.25) is 0 Å². The molecule has 3 heteroatoms. The number of H-pyrrole nitrogens is 1. The first-order valence-electron chi connectivity index (χ1n) is 6.22. The fourth-order valence-electron chi connectivity index (χ4n) is 2.58. The second kappa shape index (κ2) is 4.72. The highest BCUT2D eigenvalue weighted by atomic mass is 15.1. The maximum absolute atomic E-state index is 3.97. The molecule has 0 spiro atoms. The number of hydrogen-bond donors (Lipinski definition) is 2. The van der Waals surface area contributed by atoms with Crippen LogP contribution in [0.5, 0.6) is 0 Å². The minimum atomic E-state index is 0.495. The predicted molar refractivity (Wildman–Crippen MR) is 67.5 cm³/mol. The number of rotatable bonds is 3. The lowest BCUT2D eigenvalue weighted by atomic mass is 9.88. The Morgan fingerprint density at radius 1 is 1.35 bits per heavy atom. The number of aromatic nitrogens is 2. The average molecular weight is 227 g/mol. The molecule has 1 unspecified atom stereocenters. The van der Waals surface area contributed by atoms with E-state index in [-0.39, 0.29) is 0 Å². The molecule has 1 atom stereocenters. The van der Waals surface area contributed by atoms with Gasteiger partial charge in [0.15, 0.2) is 0 Å². The molecule has 2 aromatic rings. The first kappa shape index (κ1) is 10.5. The molecule has 17 heavy (non-hydrogen) atoms. The summed E-state index contributed by atoms with van der Waals surface area (Å²) in [5.41, 5.74) is 4.19. The van der Waals surface area contributed by atoms with E-state index in [2.05, 4.69) is 39.8 Å². The molecule has 2 N–H and O–H groups in total. The second-order valence-corrected chi connectivity index (χ2v) is 4.63. The molecule has 3 nitrogen and oxygen atoms in total. The number of aromatic amines is 1. The maximum Gasteiger partial charge on any atom is 0.0532 e. The predicted octanol–water partition coefficient (Wildman–Crippen LogP) is 2.58. The molecule has 0 saturated carbocycles. The third kappa shape index (κ3) is 2.24. The van der Waals surface area contributed by atoms with Crippen LogP contribution >= 0.6 is 0 Å². The zero-order valence-corrected chi connectivity index (χ0v) is 9.82. The van der Waals surface area contributed by atoms with Gasteiger partial charge in [-0.15, -0.1) is 0 Å². The van der Waals surface area contributed by atoms with Crippen LogP contribution in [0.15, 0.2) is 36.7 Å². The van der Waals surface area contributed by atoms with Gasteiger partial charge in [-0.05, 0) is 30.4 Å². The van der Waals surface area contributed by atoms with Crippen LogP contribution in [0.4, 0.5) is 0 Å². The minimum absolute atomic E-state index is 0.495. The van der Waals surface area contributed by atoms with Crippen LogP contribution in [0.1, 0.15) is 35.6 Å². The summed E-state index contributed by atoms with van der Waals surface area (Å²) in [4.78, 5) is 0. The molecular formula is C14H17N3. The van der Waals surface area contributed by atoms with Crippen LogP contribution in [-0.2, 0) is 13.0 Å². The Bertz CT molecular complexity index is 476. The van der Waals surface area contributed by atoms with Gasteiger partial charge >= 0.3 is 0 Å². The standard InChI is InChI=1S/C14H17N3/c1-2-6-13-12(4-1)5-3-7-14(13)15-8-11-9-16-17-10-11/h1-2,4,6,9-10,14-15H,3,5,7-8H2,(H,16,17). The fraction of sp³-hybridized carbons (Fsp3) is 0.357. The van der Waals surface area contributed by atoms with Gasteiger partial charge < -0.3 is 5.32 Å². The Balaban J connectivity index is 1.72. The van der Waals surface area contributed by atoms with Crippen LogP contribution < -0.4 is 5.32 Å². The molecule has 0 amide bonds. The van der Waals surface area contributed by atoms with Crippen molar-refractivity contribution in [3.63, 3.8) is 0 Å². The fourth-order valence-corrected chi connectivity index (χ4v) is 2.58. The van der Waals surface area contributed by atoms with Gasteiger partial charge in [0.25, 0.3) is 0 Å². The van der Waals surface area contributed by atoms with Crippen molar-refractivity contribution in [2.45, 2.75) is 31.8 Å². The Morgan fingerprint density at radius 2 is 2.29 bits per heavy atom.